The highest BCUT2D eigenvalue weighted by Gasteiger charge is 2.24. The number of nitrogens with one attached hydrogen (secondary N) is 2. The second-order valence-corrected chi connectivity index (χ2v) is 6.60. The maximum atomic E-state index is 12.3. The van der Waals surface area contributed by atoms with Crippen molar-refractivity contribution in [2.75, 3.05) is 13.7 Å². The summed E-state index contributed by atoms with van der Waals surface area (Å²) < 4.78 is 9.89. The summed E-state index contributed by atoms with van der Waals surface area (Å²) in [5.41, 5.74) is 2.95. The fourth-order valence-corrected chi connectivity index (χ4v) is 3.10. The summed E-state index contributed by atoms with van der Waals surface area (Å²) in [5.74, 6) is -1.75. The first kappa shape index (κ1) is 20.1. The Kier molecular flexibility index (Phi) is 6.29. The van der Waals surface area contributed by atoms with Crippen molar-refractivity contribution in [2.45, 2.75) is 19.4 Å². The van der Waals surface area contributed by atoms with Crippen molar-refractivity contribution < 1.29 is 23.9 Å². The van der Waals surface area contributed by atoms with Crippen LogP contribution in [0, 0.1) is 6.92 Å². The monoisotopic (exact) mass is 394 g/mol. The van der Waals surface area contributed by atoms with Gasteiger partial charge >= 0.3 is 11.9 Å². The van der Waals surface area contributed by atoms with Gasteiger partial charge in [0.05, 0.1) is 12.7 Å². The number of esters is 2. The van der Waals surface area contributed by atoms with E-state index < -0.39 is 30.5 Å². The number of hydrogen-bond acceptors (Lipinski definition) is 5. The summed E-state index contributed by atoms with van der Waals surface area (Å²) in [6, 6.07) is 13.7. The number of fused-ring (bicyclic) bond motifs is 1. The molecular weight excluding hydrogens is 372 g/mol. The molecule has 0 aliphatic rings. The lowest BCUT2D eigenvalue weighted by atomic mass is 10.0. The molecule has 0 aliphatic heterocycles. The predicted molar refractivity (Wildman–Crippen MR) is 107 cm³/mol. The molecular formula is C22H22N2O5. The number of carbonyl (C=O) groups is 3. The molecule has 0 unspecified atom stereocenters. The lowest BCUT2D eigenvalue weighted by Gasteiger charge is -2.16. The molecule has 0 saturated heterocycles. The van der Waals surface area contributed by atoms with Crippen LogP contribution in [0.3, 0.4) is 0 Å². The molecule has 2 aromatic carbocycles. The van der Waals surface area contributed by atoms with Crippen molar-refractivity contribution in [3.05, 3.63) is 71.4 Å². The fraction of sp³-hybridized carbons (Fsp3) is 0.227. The molecule has 1 atom stereocenters. The topological polar surface area (TPSA) is 97.5 Å². The molecule has 7 nitrogen and oxygen atoms in total. The number of amides is 1. The quantitative estimate of drug-likeness (QED) is 0.600. The van der Waals surface area contributed by atoms with Crippen LogP contribution in [0.5, 0.6) is 0 Å². The number of carbonyl (C=O) groups excluding carboxylic acids is 3. The van der Waals surface area contributed by atoms with E-state index in [4.69, 9.17) is 9.47 Å². The molecule has 0 spiro atoms. The van der Waals surface area contributed by atoms with E-state index in [-0.39, 0.29) is 6.42 Å². The van der Waals surface area contributed by atoms with Crippen molar-refractivity contribution in [3.8, 4) is 0 Å². The number of aromatic amines is 1. The molecule has 1 amide bonds. The minimum atomic E-state index is -0.899. The highest BCUT2D eigenvalue weighted by molar-refractivity contribution is 5.93. The summed E-state index contributed by atoms with van der Waals surface area (Å²) in [7, 11) is 1.26. The van der Waals surface area contributed by atoms with E-state index in [9.17, 15) is 14.4 Å². The second kappa shape index (κ2) is 9.05. The van der Waals surface area contributed by atoms with Crippen molar-refractivity contribution in [3.63, 3.8) is 0 Å². The largest absolute Gasteiger partial charge is 0.467 e. The van der Waals surface area contributed by atoms with Crippen LogP contribution in [0.25, 0.3) is 10.9 Å². The second-order valence-electron chi connectivity index (χ2n) is 6.60. The minimum Gasteiger partial charge on any atom is -0.467 e. The van der Waals surface area contributed by atoms with E-state index in [0.29, 0.717) is 5.56 Å². The Morgan fingerprint density at radius 2 is 1.79 bits per heavy atom. The number of benzene rings is 2. The number of H-pyrrole nitrogens is 1. The van der Waals surface area contributed by atoms with Gasteiger partial charge in [-0.3, -0.25) is 4.79 Å². The zero-order valence-electron chi connectivity index (χ0n) is 16.2. The standard InChI is InChI=1S/C22H22N2O5/c1-14-7-3-4-8-16(14)21(26)29-13-20(25)24-19(22(27)28-2)11-15-12-23-18-10-6-5-9-17(15)18/h3-10,12,19,23H,11,13H2,1-2H3,(H,24,25)/t19-/m1/s1. The third kappa shape index (κ3) is 4.82. The van der Waals surface area contributed by atoms with Crippen LogP contribution in [0.15, 0.2) is 54.7 Å². The zero-order chi connectivity index (χ0) is 20.8. The van der Waals surface area contributed by atoms with Crippen LogP contribution >= 0.6 is 0 Å². The smallest absolute Gasteiger partial charge is 0.338 e. The van der Waals surface area contributed by atoms with E-state index >= 15 is 0 Å². The van der Waals surface area contributed by atoms with Crippen LogP contribution in [0.4, 0.5) is 0 Å². The van der Waals surface area contributed by atoms with E-state index in [0.717, 1.165) is 22.0 Å². The molecule has 0 bridgehead atoms. The van der Waals surface area contributed by atoms with Gasteiger partial charge in [-0.15, -0.1) is 0 Å². The normalized spacial score (nSPS) is 11.7. The Morgan fingerprint density at radius 3 is 2.55 bits per heavy atom. The van der Waals surface area contributed by atoms with Crippen LogP contribution in [0.2, 0.25) is 0 Å². The molecule has 7 heteroatoms. The summed E-state index contributed by atoms with van der Waals surface area (Å²) in [6.45, 7) is 1.29. The molecule has 0 saturated carbocycles. The maximum Gasteiger partial charge on any atom is 0.338 e. The van der Waals surface area contributed by atoms with Gasteiger partial charge in [0.2, 0.25) is 0 Å². The maximum absolute atomic E-state index is 12.3. The zero-order valence-corrected chi connectivity index (χ0v) is 16.2. The molecule has 1 heterocycles. The van der Waals surface area contributed by atoms with Gasteiger partial charge in [-0.1, -0.05) is 36.4 Å². The molecule has 0 radical (unpaired) electrons. The first-order valence-electron chi connectivity index (χ1n) is 9.14. The minimum absolute atomic E-state index is 0.244. The average Bonchev–Trinajstić information content (AvgIpc) is 3.14. The van der Waals surface area contributed by atoms with Gasteiger partial charge < -0.3 is 19.8 Å². The van der Waals surface area contributed by atoms with Crippen molar-refractivity contribution in [1.82, 2.24) is 10.3 Å². The number of para-hydroxylation sites is 1. The third-order valence-corrected chi connectivity index (χ3v) is 4.62. The Morgan fingerprint density at radius 1 is 1.07 bits per heavy atom. The van der Waals surface area contributed by atoms with Crippen molar-refractivity contribution in [2.24, 2.45) is 0 Å². The van der Waals surface area contributed by atoms with E-state index in [1.165, 1.54) is 7.11 Å². The lowest BCUT2D eigenvalue weighted by Crippen LogP contribution is -2.44. The van der Waals surface area contributed by atoms with E-state index in [1.54, 1.807) is 31.3 Å². The Balaban J connectivity index is 1.64. The van der Waals surface area contributed by atoms with Crippen molar-refractivity contribution >= 4 is 28.7 Å². The lowest BCUT2D eigenvalue weighted by molar-refractivity contribution is -0.145. The van der Waals surface area contributed by atoms with Crippen LogP contribution in [-0.2, 0) is 25.5 Å². The molecule has 1 aromatic heterocycles. The number of hydrogen-bond donors (Lipinski definition) is 2. The number of aromatic nitrogens is 1. The Bertz CT molecular complexity index is 1040. The molecule has 3 rings (SSSR count). The van der Waals surface area contributed by atoms with Gasteiger partial charge in [0.25, 0.3) is 5.91 Å². The summed E-state index contributed by atoms with van der Waals surface area (Å²) >= 11 is 0. The molecule has 0 fully saturated rings. The molecule has 2 N–H and O–H groups in total. The first-order chi connectivity index (χ1) is 14.0. The summed E-state index contributed by atoms with van der Waals surface area (Å²) in [4.78, 5) is 39.7. The van der Waals surface area contributed by atoms with Gasteiger partial charge in [-0.25, -0.2) is 9.59 Å². The Hall–Kier alpha value is -3.61. The number of aryl methyl sites for hydroxylation is 1. The first-order valence-corrected chi connectivity index (χ1v) is 9.14. The van der Waals surface area contributed by atoms with Gasteiger partial charge in [0, 0.05) is 23.5 Å². The Labute approximate surface area is 168 Å². The number of ether oxygens (including phenoxy) is 2. The summed E-state index contributed by atoms with van der Waals surface area (Å²) in [5, 5.41) is 3.55. The molecule has 3 aromatic rings. The molecule has 0 aliphatic carbocycles. The van der Waals surface area contributed by atoms with Gasteiger partial charge in [-0.05, 0) is 30.2 Å². The van der Waals surface area contributed by atoms with Crippen molar-refractivity contribution in [1.29, 1.82) is 0 Å². The molecule has 29 heavy (non-hydrogen) atoms. The van der Waals surface area contributed by atoms with E-state index in [2.05, 4.69) is 10.3 Å². The highest BCUT2D eigenvalue weighted by Crippen LogP contribution is 2.19. The fourth-order valence-electron chi connectivity index (χ4n) is 3.10. The van der Waals surface area contributed by atoms with Gasteiger partial charge in [0.15, 0.2) is 6.61 Å². The van der Waals surface area contributed by atoms with Gasteiger partial charge in [0.1, 0.15) is 6.04 Å². The highest BCUT2D eigenvalue weighted by atomic mass is 16.5. The number of rotatable bonds is 7. The van der Waals surface area contributed by atoms with Gasteiger partial charge in [-0.2, -0.15) is 0 Å². The third-order valence-electron chi connectivity index (χ3n) is 4.62. The summed E-state index contributed by atoms with van der Waals surface area (Å²) in [6.07, 6.45) is 2.04. The van der Waals surface area contributed by atoms with Crippen LogP contribution in [-0.4, -0.2) is 42.6 Å². The SMILES string of the molecule is COC(=O)[C@@H](Cc1c[nH]c2ccccc12)NC(=O)COC(=O)c1ccccc1C. The predicted octanol–water partition coefficient (Wildman–Crippen LogP) is 2.53. The van der Waals surface area contributed by atoms with Crippen LogP contribution in [0.1, 0.15) is 21.5 Å². The average molecular weight is 394 g/mol. The number of methoxy groups -OCH3 is 1. The van der Waals surface area contributed by atoms with Crippen LogP contribution < -0.4 is 5.32 Å². The van der Waals surface area contributed by atoms with E-state index in [1.807, 2.05) is 30.3 Å². The molecule has 150 valence electrons.